The maximum atomic E-state index is 13.9. The van der Waals surface area contributed by atoms with E-state index in [2.05, 4.69) is 10.3 Å². The van der Waals surface area contributed by atoms with Crippen molar-refractivity contribution in [1.82, 2.24) is 4.98 Å². The number of hydrogen-bond donors (Lipinski definition) is 3. The SMILES string of the molecule is CC(Nc1cc(C(N)=O)c(N)cc1F)c1ccccn1. The third-order valence-corrected chi connectivity index (χ3v) is 2.91. The summed E-state index contributed by atoms with van der Waals surface area (Å²) >= 11 is 0. The number of primary amides is 1. The van der Waals surface area contributed by atoms with Gasteiger partial charge in [-0.05, 0) is 31.2 Å². The van der Waals surface area contributed by atoms with Crippen LogP contribution in [-0.4, -0.2) is 10.9 Å². The van der Waals surface area contributed by atoms with Crippen molar-refractivity contribution in [3.63, 3.8) is 0 Å². The van der Waals surface area contributed by atoms with Crippen LogP contribution >= 0.6 is 0 Å². The molecule has 0 spiro atoms. The molecule has 0 aliphatic heterocycles. The first-order valence-corrected chi connectivity index (χ1v) is 6.05. The lowest BCUT2D eigenvalue weighted by atomic mass is 10.1. The molecule has 6 heteroatoms. The van der Waals surface area contributed by atoms with Crippen LogP contribution in [0.3, 0.4) is 0 Å². The van der Waals surface area contributed by atoms with Gasteiger partial charge < -0.3 is 16.8 Å². The van der Waals surface area contributed by atoms with Gasteiger partial charge in [0, 0.05) is 11.9 Å². The number of halogens is 1. The van der Waals surface area contributed by atoms with Gasteiger partial charge in [-0.15, -0.1) is 0 Å². The molecule has 1 aromatic heterocycles. The van der Waals surface area contributed by atoms with E-state index in [9.17, 15) is 9.18 Å². The molecular weight excluding hydrogens is 259 g/mol. The van der Waals surface area contributed by atoms with Crippen LogP contribution in [0.5, 0.6) is 0 Å². The Morgan fingerprint density at radius 2 is 2.15 bits per heavy atom. The van der Waals surface area contributed by atoms with Crippen LogP contribution in [0.1, 0.15) is 29.0 Å². The van der Waals surface area contributed by atoms with Crippen molar-refractivity contribution in [2.75, 3.05) is 11.1 Å². The van der Waals surface area contributed by atoms with Crippen molar-refractivity contribution in [2.24, 2.45) is 5.73 Å². The highest BCUT2D eigenvalue weighted by molar-refractivity contribution is 5.99. The lowest BCUT2D eigenvalue weighted by molar-refractivity contribution is 0.100. The van der Waals surface area contributed by atoms with E-state index in [1.807, 2.05) is 19.1 Å². The zero-order chi connectivity index (χ0) is 14.7. The Kier molecular flexibility index (Phi) is 3.84. The summed E-state index contributed by atoms with van der Waals surface area (Å²) in [5.74, 6) is -1.24. The van der Waals surface area contributed by atoms with Gasteiger partial charge in [-0.3, -0.25) is 9.78 Å². The summed E-state index contributed by atoms with van der Waals surface area (Å²) in [7, 11) is 0. The third kappa shape index (κ3) is 2.85. The molecule has 1 atom stereocenters. The van der Waals surface area contributed by atoms with Gasteiger partial charge >= 0.3 is 0 Å². The lowest BCUT2D eigenvalue weighted by Gasteiger charge is -2.16. The Morgan fingerprint density at radius 1 is 1.40 bits per heavy atom. The van der Waals surface area contributed by atoms with Gasteiger partial charge in [0.05, 0.1) is 23.0 Å². The van der Waals surface area contributed by atoms with Crippen molar-refractivity contribution in [2.45, 2.75) is 13.0 Å². The molecule has 0 saturated heterocycles. The van der Waals surface area contributed by atoms with Crippen molar-refractivity contribution >= 4 is 17.3 Å². The van der Waals surface area contributed by atoms with Crippen molar-refractivity contribution in [3.05, 3.63) is 53.6 Å². The molecule has 5 nitrogen and oxygen atoms in total. The molecule has 0 aliphatic carbocycles. The summed E-state index contributed by atoms with van der Waals surface area (Å²) < 4.78 is 13.9. The highest BCUT2D eigenvalue weighted by atomic mass is 19.1. The number of pyridine rings is 1. The second-order valence-corrected chi connectivity index (χ2v) is 4.40. The first kappa shape index (κ1) is 13.8. The van der Waals surface area contributed by atoms with E-state index < -0.39 is 11.7 Å². The topological polar surface area (TPSA) is 94.0 Å². The van der Waals surface area contributed by atoms with Gasteiger partial charge in [-0.25, -0.2) is 4.39 Å². The van der Waals surface area contributed by atoms with Gasteiger partial charge in [-0.1, -0.05) is 6.07 Å². The normalized spacial score (nSPS) is 11.9. The van der Waals surface area contributed by atoms with Crippen LogP contribution in [0.15, 0.2) is 36.5 Å². The number of amides is 1. The fourth-order valence-corrected chi connectivity index (χ4v) is 1.85. The van der Waals surface area contributed by atoms with Crippen LogP contribution < -0.4 is 16.8 Å². The quantitative estimate of drug-likeness (QED) is 0.744. The number of rotatable bonds is 4. The van der Waals surface area contributed by atoms with Gasteiger partial charge in [0.1, 0.15) is 5.82 Å². The van der Waals surface area contributed by atoms with Gasteiger partial charge in [0.15, 0.2) is 0 Å². The number of nitrogens with two attached hydrogens (primary N) is 2. The fourth-order valence-electron chi connectivity index (χ4n) is 1.85. The van der Waals surface area contributed by atoms with Crippen LogP contribution in [0.4, 0.5) is 15.8 Å². The summed E-state index contributed by atoms with van der Waals surface area (Å²) in [6.07, 6.45) is 1.65. The van der Waals surface area contributed by atoms with E-state index in [-0.39, 0.29) is 23.0 Å². The molecule has 2 aromatic rings. The van der Waals surface area contributed by atoms with E-state index in [1.54, 1.807) is 12.3 Å². The van der Waals surface area contributed by atoms with Crippen LogP contribution in [0.25, 0.3) is 0 Å². The van der Waals surface area contributed by atoms with Gasteiger partial charge in [-0.2, -0.15) is 0 Å². The number of aromatic nitrogens is 1. The first-order chi connectivity index (χ1) is 9.49. The summed E-state index contributed by atoms with van der Waals surface area (Å²) in [5.41, 5.74) is 11.8. The number of hydrogen-bond acceptors (Lipinski definition) is 4. The first-order valence-electron chi connectivity index (χ1n) is 6.05. The highest BCUT2D eigenvalue weighted by Crippen LogP contribution is 2.25. The van der Waals surface area contributed by atoms with Crippen LogP contribution in [-0.2, 0) is 0 Å². The van der Waals surface area contributed by atoms with Gasteiger partial charge in [0.2, 0.25) is 0 Å². The minimum atomic E-state index is -0.698. The summed E-state index contributed by atoms with van der Waals surface area (Å²) in [5, 5.41) is 2.95. The molecule has 0 saturated carbocycles. The molecule has 1 unspecified atom stereocenters. The number of nitrogen functional groups attached to an aromatic ring is 1. The number of nitrogens with one attached hydrogen (secondary N) is 1. The predicted octanol–water partition coefficient (Wildman–Crippen LogP) is 2.07. The maximum absolute atomic E-state index is 13.9. The van der Waals surface area contributed by atoms with E-state index in [1.165, 1.54) is 6.07 Å². The second kappa shape index (κ2) is 5.56. The molecule has 5 N–H and O–H groups in total. The standard InChI is InChI=1S/C14H15FN4O/c1-8(12-4-2-3-5-18-12)19-13-6-9(14(17)20)11(16)7-10(13)15/h2-8,19H,16H2,1H3,(H2,17,20). The monoisotopic (exact) mass is 274 g/mol. The average Bonchev–Trinajstić information content (AvgIpc) is 2.42. The second-order valence-electron chi connectivity index (χ2n) is 4.40. The molecule has 0 bridgehead atoms. The summed E-state index contributed by atoms with van der Waals surface area (Å²) in [6, 6.07) is 7.62. The molecule has 1 amide bonds. The lowest BCUT2D eigenvalue weighted by Crippen LogP contribution is -2.16. The molecule has 20 heavy (non-hydrogen) atoms. The highest BCUT2D eigenvalue weighted by Gasteiger charge is 2.14. The smallest absolute Gasteiger partial charge is 0.250 e. The van der Waals surface area contributed by atoms with E-state index in [0.29, 0.717) is 0 Å². The largest absolute Gasteiger partial charge is 0.398 e. The molecule has 0 fully saturated rings. The average molecular weight is 274 g/mol. The Labute approximate surface area is 115 Å². The van der Waals surface area contributed by atoms with Crippen molar-refractivity contribution in [3.8, 4) is 0 Å². The minimum absolute atomic E-state index is 0.0195. The summed E-state index contributed by atoms with van der Waals surface area (Å²) in [4.78, 5) is 15.4. The van der Waals surface area contributed by atoms with E-state index >= 15 is 0 Å². The molecular formula is C14H15FN4O. The number of nitrogens with zero attached hydrogens (tertiary/aromatic N) is 1. The number of benzene rings is 1. The minimum Gasteiger partial charge on any atom is -0.398 e. The molecule has 0 radical (unpaired) electrons. The Morgan fingerprint density at radius 3 is 2.75 bits per heavy atom. The molecule has 1 aromatic carbocycles. The Balaban J connectivity index is 2.29. The molecule has 1 heterocycles. The summed E-state index contributed by atoms with van der Waals surface area (Å²) in [6.45, 7) is 1.84. The van der Waals surface area contributed by atoms with Crippen LogP contribution in [0.2, 0.25) is 0 Å². The van der Waals surface area contributed by atoms with Gasteiger partial charge in [0.25, 0.3) is 5.91 Å². The maximum Gasteiger partial charge on any atom is 0.250 e. The fraction of sp³-hybridized carbons (Fsp3) is 0.143. The molecule has 104 valence electrons. The van der Waals surface area contributed by atoms with E-state index in [4.69, 9.17) is 11.5 Å². The molecule has 0 aliphatic rings. The van der Waals surface area contributed by atoms with E-state index in [0.717, 1.165) is 11.8 Å². The van der Waals surface area contributed by atoms with Crippen molar-refractivity contribution < 1.29 is 9.18 Å². The van der Waals surface area contributed by atoms with Crippen LogP contribution in [0, 0.1) is 5.82 Å². The zero-order valence-corrected chi connectivity index (χ0v) is 10.9. The number of carbonyl (C=O) groups is 1. The predicted molar refractivity (Wildman–Crippen MR) is 75.6 cm³/mol. The Bertz CT molecular complexity index is 631. The number of carbonyl (C=O) groups excluding carboxylic acids is 1. The molecule has 2 rings (SSSR count). The third-order valence-electron chi connectivity index (χ3n) is 2.91. The van der Waals surface area contributed by atoms with Crippen molar-refractivity contribution in [1.29, 1.82) is 0 Å². The number of anilines is 2. The zero-order valence-electron chi connectivity index (χ0n) is 10.9. The Hall–Kier alpha value is -2.63.